The minimum Gasteiger partial charge on any atom is -0.346 e. The van der Waals surface area contributed by atoms with Gasteiger partial charge < -0.3 is 4.98 Å². The predicted molar refractivity (Wildman–Crippen MR) is 125 cm³/mol. The van der Waals surface area contributed by atoms with Crippen LogP contribution in [0.5, 0.6) is 0 Å². The Morgan fingerprint density at radius 1 is 1.12 bits per heavy atom. The van der Waals surface area contributed by atoms with E-state index in [0.29, 0.717) is 18.9 Å². The van der Waals surface area contributed by atoms with Crippen molar-refractivity contribution in [1.82, 2.24) is 24.1 Å². The van der Waals surface area contributed by atoms with Gasteiger partial charge in [-0.3, -0.25) is 14.4 Å². The maximum Gasteiger partial charge on any atom is 0.217 e. The first-order chi connectivity index (χ1) is 16.0. The third kappa shape index (κ3) is 3.65. The number of carbonyl (C=O) groups is 1. The Hall–Kier alpha value is -2.72. The van der Waals surface area contributed by atoms with Crippen LogP contribution in [-0.2, 0) is 14.8 Å². The Balaban J connectivity index is 1.23. The summed E-state index contributed by atoms with van der Waals surface area (Å²) in [5.74, 6) is 0.638. The lowest BCUT2D eigenvalue weighted by Gasteiger charge is -2.40. The van der Waals surface area contributed by atoms with Crippen LogP contribution in [-0.4, -0.2) is 63.3 Å². The van der Waals surface area contributed by atoms with E-state index in [1.807, 2.05) is 35.4 Å². The SMILES string of the molecule is O=CN(c1cc(-c2cnn(C3CN(S(=O)(=O)C4CCCCC4)C3)c2)c2cc[nH]c2n1)C1CC1. The van der Waals surface area contributed by atoms with E-state index >= 15 is 0 Å². The van der Waals surface area contributed by atoms with Crippen LogP contribution >= 0.6 is 0 Å². The number of fused-ring (bicyclic) bond motifs is 1. The number of H-pyrrole nitrogens is 1. The monoisotopic (exact) mass is 468 g/mol. The molecule has 1 aliphatic heterocycles. The fourth-order valence-electron chi connectivity index (χ4n) is 5.12. The second kappa shape index (κ2) is 7.95. The van der Waals surface area contributed by atoms with Crippen LogP contribution in [0.25, 0.3) is 22.2 Å². The van der Waals surface area contributed by atoms with Gasteiger partial charge in [0.05, 0.1) is 17.5 Å². The van der Waals surface area contributed by atoms with Crippen LogP contribution in [0.4, 0.5) is 5.82 Å². The maximum absolute atomic E-state index is 12.9. The number of sulfonamides is 1. The number of aromatic nitrogens is 4. The molecule has 4 heterocycles. The minimum atomic E-state index is -3.21. The zero-order valence-corrected chi connectivity index (χ0v) is 19.2. The van der Waals surface area contributed by atoms with Crippen LogP contribution in [0.1, 0.15) is 51.0 Å². The third-order valence-corrected chi connectivity index (χ3v) is 9.61. The Bertz CT molecular complexity index is 1280. The lowest BCUT2D eigenvalue weighted by molar-refractivity contribution is -0.107. The van der Waals surface area contributed by atoms with Crippen molar-refractivity contribution in [3.63, 3.8) is 0 Å². The summed E-state index contributed by atoms with van der Waals surface area (Å²) in [5, 5.41) is 5.31. The van der Waals surface area contributed by atoms with Crippen molar-refractivity contribution in [3.05, 3.63) is 30.7 Å². The van der Waals surface area contributed by atoms with Crippen LogP contribution in [0.2, 0.25) is 0 Å². The van der Waals surface area contributed by atoms with E-state index in [0.717, 1.165) is 73.5 Å². The summed E-state index contributed by atoms with van der Waals surface area (Å²) in [6.45, 7) is 0.948. The second-order valence-electron chi connectivity index (χ2n) is 9.50. The van der Waals surface area contributed by atoms with Crippen molar-refractivity contribution in [2.45, 2.75) is 62.3 Å². The Morgan fingerprint density at radius 2 is 1.91 bits per heavy atom. The van der Waals surface area contributed by atoms with Gasteiger partial charge in [0.1, 0.15) is 11.5 Å². The number of pyridine rings is 1. The minimum absolute atomic E-state index is 0.0399. The number of hydrogen-bond donors (Lipinski definition) is 1. The maximum atomic E-state index is 12.9. The molecule has 0 aromatic carbocycles. The van der Waals surface area contributed by atoms with Gasteiger partial charge in [-0.2, -0.15) is 9.40 Å². The number of hydrogen-bond acceptors (Lipinski definition) is 5. The van der Waals surface area contributed by atoms with Gasteiger partial charge in [-0.1, -0.05) is 19.3 Å². The Morgan fingerprint density at radius 3 is 2.64 bits per heavy atom. The molecule has 2 aliphatic carbocycles. The zero-order valence-electron chi connectivity index (χ0n) is 18.4. The van der Waals surface area contributed by atoms with Crippen molar-refractivity contribution < 1.29 is 13.2 Å². The molecular weight excluding hydrogens is 440 g/mol. The molecule has 3 aromatic rings. The number of amides is 1. The normalized spacial score (nSPS) is 20.7. The lowest BCUT2D eigenvalue weighted by Crippen LogP contribution is -2.53. The number of nitrogens with zero attached hydrogens (tertiary/aromatic N) is 5. The van der Waals surface area contributed by atoms with E-state index in [9.17, 15) is 13.2 Å². The predicted octanol–water partition coefficient (Wildman–Crippen LogP) is 3.07. The van der Waals surface area contributed by atoms with E-state index in [4.69, 9.17) is 0 Å². The molecule has 3 aromatic heterocycles. The van der Waals surface area contributed by atoms with Crippen molar-refractivity contribution >= 4 is 33.3 Å². The standard InChI is InChI=1S/C23H28N6O3S/c30-15-28(17-6-7-17)22-10-21(20-8-9-24-23(20)26-22)16-11-25-29(12-16)18-13-27(14-18)33(31,32)19-4-2-1-3-5-19/h8-12,15,17-19H,1-7,13-14H2,(H,24,26). The summed E-state index contributed by atoms with van der Waals surface area (Å²) in [5.41, 5.74) is 2.62. The van der Waals surface area contributed by atoms with Gasteiger partial charge >= 0.3 is 0 Å². The number of carbonyl (C=O) groups excluding carboxylic acids is 1. The van der Waals surface area contributed by atoms with E-state index in [-0.39, 0.29) is 17.3 Å². The van der Waals surface area contributed by atoms with Crippen molar-refractivity contribution in [3.8, 4) is 11.1 Å². The number of aromatic amines is 1. The summed E-state index contributed by atoms with van der Waals surface area (Å²) in [7, 11) is -3.21. The number of nitrogens with one attached hydrogen (secondary N) is 1. The van der Waals surface area contributed by atoms with E-state index in [2.05, 4.69) is 15.1 Å². The molecular formula is C23H28N6O3S. The number of rotatable bonds is 7. The molecule has 0 bridgehead atoms. The smallest absolute Gasteiger partial charge is 0.217 e. The molecule has 0 spiro atoms. The average Bonchev–Trinajstić information content (AvgIpc) is 3.30. The first-order valence-electron chi connectivity index (χ1n) is 11.8. The topological polar surface area (TPSA) is 104 Å². The highest BCUT2D eigenvalue weighted by Gasteiger charge is 2.41. The van der Waals surface area contributed by atoms with E-state index in [1.165, 1.54) is 0 Å². The summed E-state index contributed by atoms with van der Waals surface area (Å²) in [6, 6.07) is 4.19. The molecule has 10 heteroatoms. The van der Waals surface area contributed by atoms with Crippen molar-refractivity contribution in [1.29, 1.82) is 0 Å². The van der Waals surface area contributed by atoms with Crippen molar-refractivity contribution in [2.24, 2.45) is 0 Å². The molecule has 0 unspecified atom stereocenters. The molecule has 6 rings (SSSR count). The van der Waals surface area contributed by atoms with Gasteiger partial charge in [-0.05, 0) is 43.4 Å². The van der Waals surface area contributed by atoms with Gasteiger partial charge in [-0.25, -0.2) is 13.4 Å². The number of anilines is 1. The molecule has 0 atom stereocenters. The third-order valence-electron chi connectivity index (χ3n) is 7.28. The summed E-state index contributed by atoms with van der Waals surface area (Å²) in [6.07, 6.45) is 13.2. The first-order valence-corrected chi connectivity index (χ1v) is 13.3. The fraction of sp³-hybridized carbons (Fsp3) is 0.522. The molecule has 3 aliphatic rings. The molecule has 0 radical (unpaired) electrons. The highest BCUT2D eigenvalue weighted by atomic mass is 32.2. The molecule has 1 N–H and O–H groups in total. The van der Waals surface area contributed by atoms with Crippen LogP contribution < -0.4 is 4.90 Å². The quantitative estimate of drug-likeness (QED) is 0.537. The Labute approximate surface area is 192 Å². The van der Waals surface area contributed by atoms with E-state index < -0.39 is 10.0 Å². The highest BCUT2D eigenvalue weighted by molar-refractivity contribution is 7.89. The molecule has 3 fully saturated rings. The fourth-order valence-corrected chi connectivity index (χ4v) is 7.23. The first kappa shape index (κ1) is 20.9. The van der Waals surface area contributed by atoms with Crippen LogP contribution in [0.3, 0.4) is 0 Å². The average molecular weight is 469 g/mol. The molecule has 174 valence electrons. The van der Waals surface area contributed by atoms with Gasteiger partial charge in [0, 0.05) is 42.5 Å². The second-order valence-corrected chi connectivity index (χ2v) is 11.7. The van der Waals surface area contributed by atoms with Gasteiger partial charge in [-0.15, -0.1) is 0 Å². The van der Waals surface area contributed by atoms with E-state index in [1.54, 1.807) is 9.21 Å². The van der Waals surface area contributed by atoms with Gasteiger partial charge in [0.15, 0.2) is 0 Å². The van der Waals surface area contributed by atoms with Crippen LogP contribution in [0, 0.1) is 0 Å². The summed E-state index contributed by atoms with van der Waals surface area (Å²) >= 11 is 0. The molecule has 2 saturated carbocycles. The largest absolute Gasteiger partial charge is 0.346 e. The molecule has 33 heavy (non-hydrogen) atoms. The van der Waals surface area contributed by atoms with Crippen LogP contribution in [0.15, 0.2) is 30.7 Å². The zero-order chi connectivity index (χ0) is 22.6. The Kier molecular flexibility index (Phi) is 5.02. The summed E-state index contributed by atoms with van der Waals surface area (Å²) < 4.78 is 29.4. The molecule has 1 amide bonds. The van der Waals surface area contributed by atoms with Crippen molar-refractivity contribution in [2.75, 3.05) is 18.0 Å². The highest BCUT2D eigenvalue weighted by Crippen LogP contribution is 2.36. The van der Waals surface area contributed by atoms with Gasteiger partial charge in [0.2, 0.25) is 16.4 Å². The molecule has 9 nitrogen and oxygen atoms in total. The lowest BCUT2D eigenvalue weighted by atomic mass is 10.0. The summed E-state index contributed by atoms with van der Waals surface area (Å²) in [4.78, 5) is 21.2. The molecule has 1 saturated heterocycles. The van der Waals surface area contributed by atoms with Gasteiger partial charge in [0.25, 0.3) is 0 Å².